The summed E-state index contributed by atoms with van der Waals surface area (Å²) in [6.45, 7) is 10.5. The third kappa shape index (κ3) is 6.91. The van der Waals surface area contributed by atoms with Crippen LogP contribution >= 0.6 is 0 Å². The van der Waals surface area contributed by atoms with Crippen LogP contribution in [0.3, 0.4) is 0 Å². The summed E-state index contributed by atoms with van der Waals surface area (Å²) in [5.41, 5.74) is 0.343. The summed E-state index contributed by atoms with van der Waals surface area (Å²) in [7, 11) is 0. The van der Waals surface area contributed by atoms with Crippen molar-refractivity contribution >= 4 is 0 Å². The van der Waals surface area contributed by atoms with Crippen LogP contribution in [0.25, 0.3) is 0 Å². The fourth-order valence-electron chi connectivity index (χ4n) is 3.08. The van der Waals surface area contributed by atoms with Gasteiger partial charge in [-0.3, -0.25) is 4.90 Å². The van der Waals surface area contributed by atoms with E-state index in [4.69, 9.17) is 10.4 Å². The average molecular weight is 267 g/mol. The predicted octanol–water partition coefficient (Wildman–Crippen LogP) is 1.61. The van der Waals surface area contributed by atoms with Gasteiger partial charge in [0.1, 0.15) is 0 Å². The molecule has 0 spiro atoms. The number of aliphatic hydroxyl groups excluding tert-OH is 1. The van der Waals surface area contributed by atoms with Crippen LogP contribution in [0.2, 0.25) is 0 Å². The van der Waals surface area contributed by atoms with Crippen LogP contribution in [-0.4, -0.2) is 48.8 Å². The zero-order chi connectivity index (χ0) is 14.3. The van der Waals surface area contributed by atoms with E-state index in [1.165, 1.54) is 12.8 Å². The molecular formula is C15H29N3O. The SMILES string of the molecule is CC(C)(C)CC1CC(NCCCO)CN(CC#N)C1. The van der Waals surface area contributed by atoms with Gasteiger partial charge in [-0.25, -0.2) is 0 Å². The molecule has 1 fully saturated rings. The van der Waals surface area contributed by atoms with Gasteiger partial charge in [-0.2, -0.15) is 5.26 Å². The second kappa shape index (κ2) is 7.84. The number of nitriles is 1. The molecule has 1 saturated heterocycles. The van der Waals surface area contributed by atoms with Crippen molar-refractivity contribution in [2.24, 2.45) is 11.3 Å². The molecule has 0 aliphatic carbocycles. The summed E-state index contributed by atoms with van der Waals surface area (Å²) in [5, 5.41) is 21.3. The maximum atomic E-state index is 8.89. The first kappa shape index (κ1) is 16.4. The molecule has 1 heterocycles. The summed E-state index contributed by atoms with van der Waals surface area (Å²) in [5.74, 6) is 0.661. The van der Waals surface area contributed by atoms with E-state index >= 15 is 0 Å². The van der Waals surface area contributed by atoms with Crippen molar-refractivity contribution in [3.05, 3.63) is 0 Å². The van der Waals surface area contributed by atoms with E-state index in [9.17, 15) is 0 Å². The number of rotatable bonds is 6. The number of piperidine rings is 1. The van der Waals surface area contributed by atoms with Gasteiger partial charge in [-0.15, -0.1) is 0 Å². The Morgan fingerprint density at radius 1 is 1.37 bits per heavy atom. The Kier molecular flexibility index (Phi) is 6.78. The Labute approximate surface area is 117 Å². The van der Waals surface area contributed by atoms with E-state index < -0.39 is 0 Å². The van der Waals surface area contributed by atoms with Crippen LogP contribution in [0.15, 0.2) is 0 Å². The van der Waals surface area contributed by atoms with Crippen molar-refractivity contribution in [2.45, 2.75) is 46.1 Å². The monoisotopic (exact) mass is 267 g/mol. The fraction of sp³-hybridized carbons (Fsp3) is 0.933. The molecule has 0 bridgehead atoms. The first-order chi connectivity index (χ1) is 8.94. The van der Waals surface area contributed by atoms with Gasteiger partial charge in [-0.05, 0) is 37.1 Å². The number of nitrogens with zero attached hydrogens (tertiary/aromatic N) is 2. The molecule has 0 radical (unpaired) electrons. The molecule has 0 aromatic rings. The summed E-state index contributed by atoms with van der Waals surface area (Å²) in [6, 6.07) is 2.73. The fourth-order valence-corrected chi connectivity index (χ4v) is 3.08. The van der Waals surface area contributed by atoms with Crippen molar-refractivity contribution in [2.75, 3.05) is 32.8 Å². The van der Waals surface area contributed by atoms with Crippen LogP contribution in [0.1, 0.15) is 40.0 Å². The van der Waals surface area contributed by atoms with Gasteiger partial charge in [0, 0.05) is 25.7 Å². The molecule has 110 valence electrons. The van der Waals surface area contributed by atoms with Gasteiger partial charge in [0.2, 0.25) is 0 Å². The summed E-state index contributed by atoms with van der Waals surface area (Å²) in [6.07, 6.45) is 3.19. The molecule has 1 aliphatic heterocycles. The van der Waals surface area contributed by atoms with Gasteiger partial charge < -0.3 is 10.4 Å². The minimum absolute atomic E-state index is 0.243. The molecule has 0 aromatic carbocycles. The van der Waals surface area contributed by atoms with Crippen molar-refractivity contribution in [1.82, 2.24) is 10.2 Å². The van der Waals surface area contributed by atoms with E-state index in [1.807, 2.05) is 0 Å². The zero-order valence-electron chi connectivity index (χ0n) is 12.7. The number of likely N-dealkylation sites (tertiary alicyclic amines) is 1. The summed E-state index contributed by atoms with van der Waals surface area (Å²) in [4.78, 5) is 2.26. The minimum Gasteiger partial charge on any atom is -0.396 e. The topological polar surface area (TPSA) is 59.3 Å². The summed E-state index contributed by atoms with van der Waals surface area (Å²) >= 11 is 0. The van der Waals surface area contributed by atoms with E-state index in [-0.39, 0.29) is 6.61 Å². The zero-order valence-corrected chi connectivity index (χ0v) is 12.7. The predicted molar refractivity (Wildman–Crippen MR) is 77.7 cm³/mol. The lowest BCUT2D eigenvalue weighted by Gasteiger charge is -2.39. The number of nitrogens with one attached hydrogen (secondary N) is 1. The van der Waals surface area contributed by atoms with Crippen molar-refractivity contribution in [1.29, 1.82) is 5.26 Å². The average Bonchev–Trinajstić information content (AvgIpc) is 2.27. The minimum atomic E-state index is 0.243. The first-order valence-corrected chi connectivity index (χ1v) is 7.38. The number of hydrogen-bond acceptors (Lipinski definition) is 4. The molecular weight excluding hydrogens is 238 g/mol. The molecule has 0 amide bonds. The maximum Gasteiger partial charge on any atom is 0.0866 e. The van der Waals surface area contributed by atoms with Crippen LogP contribution < -0.4 is 5.32 Å². The van der Waals surface area contributed by atoms with Crippen molar-refractivity contribution < 1.29 is 5.11 Å². The molecule has 0 aromatic heterocycles. The normalized spacial score (nSPS) is 25.2. The van der Waals surface area contributed by atoms with Crippen molar-refractivity contribution in [3.63, 3.8) is 0 Å². The standard InChI is InChI=1S/C15H29N3O/c1-15(2,3)10-13-9-14(17-6-4-8-19)12-18(11-13)7-5-16/h13-14,17,19H,4,6-12H2,1-3H3. The van der Waals surface area contributed by atoms with Crippen LogP contribution in [0.5, 0.6) is 0 Å². The number of aliphatic hydroxyl groups is 1. The van der Waals surface area contributed by atoms with Crippen molar-refractivity contribution in [3.8, 4) is 6.07 Å². The second-order valence-electron chi connectivity index (χ2n) is 6.95. The van der Waals surface area contributed by atoms with E-state index in [0.29, 0.717) is 23.9 Å². The highest BCUT2D eigenvalue weighted by Gasteiger charge is 2.29. The lowest BCUT2D eigenvalue weighted by atomic mass is 9.80. The molecule has 1 rings (SSSR count). The number of hydrogen-bond donors (Lipinski definition) is 2. The van der Waals surface area contributed by atoms with E-state index in [1.54, 1.807) is 0 Å². The Morgan fingerprint density at radius 3 is 2.68 bits per heavy atom. The largest absolute Gasteiger partial charge is 0.396 e. The van der Waals surface area contributed by atoms with E-state index in [0.717, 1.165) is 26.1 Å². The Balaban J connectivity index is 2.50. The second-order valence-corrected chi connectivity index (χ2v) is 6.95. The van der Waals surface area contributed by atoms with Crippen LogP contribution in [-0.2, 0) is 0 Å². The Bertz CT molecular complexity index is 293. The third-order valence-electron chi connectivity index (χ3n) is 3.58. The molecule has 2 atom stereocenters. The van der Waals surface area contributed by atoms with Gasteiger partial charge in [0.15, 0.2) is 0 Å². The third-order valence-corrected chi connectivity index (χ3v) is 3.58. The highest BCUT2D eigenvalue weighted by atomic mass is 16.3. The molecule has 4 nitrogen and oxygen atoms in total. The Hall–Kier alpha value is -0.630. The summed E-state index contributed by atoms with van der Waals surface area (Å²) < 4.78 is 0. The lowest BCUT2D eigenvalue weighted by molar-refractivity contribution is 0.124. The Morgan fingerprint density at radius 2 is 2.11 bits per heavy atom. The van der Waals surface area contributed by atoms with Crippen LogP contribution in [0.4, 0.5) is 0 Å². The molecule has 4 heteroatoms. The van der Waals surface area contributed by atoms with Gasteiger partial charge >= 0.3 is 0 Å². The van der Waals surface area contributed by atoms with E-state index in [2.05, 4.69) is 37.1 Å². The van der Waals surface area contributed by atoms with Crippen LogP contribution in [0, 0.1) is 22.7 Å². The smallest absolute Gasteiger partial charge is 0.0866 e. The van der Waals surface area contributed by atoms with Gasteiger partial charge in [0.25, 0.3) is 0 Å². The lowest BCUT2D eigenvalue weighted by Crippen LogP contribution is -2.50. The molecule has 0 saturated carbocycles. The van der Waals surface area contributed by atoms with Gasteiger partial charge in [0.05, 0.1) is 12.6 Å². The highest BCUT2D eigenvalue weighted by molar-refractivity contribution is 4.89. The molecule has 2 N–H and O–H groups in total. The molecule has 19 heavy (non-hydrogen) atoms. The quantitative estimate of drug-likeness (QED) is 0.567. The molecule has 2 unspecified atom stereocenters. The van der Waals surface area contributed by atoms with Gasteiger partial charge in [-0.1, -0.05) is 20.8 Å². The maximum absolute atomic E-state index is 8.89. The molecule has 1 aliphatic rings. The highest BCUT2D eigenvalue weighted by Crippen LogP contribution is 2.30. The first-order valence-electron chi connectivity index (χ1n) is 7.38.